The van der Waals surface area contributed by atoms with Crippen LogP contribution in [0.1, 0.15) is 70.3 Å². The average molecular weight is 554 g/mol. The lowest BCUT2D eigenvalue weighted by atomic mass is 9.41. The monoisotopic (exact) mass is 553 g/mol. The molecule has 0 radical (unpaired) electrons. The van der Waals surface area contributed by atoms with Crippen LogP contribution in [0.2, 0.25) is 0 Å². The Bertz CT molecular complexity index is 1230. The molecule has 40 heavy (non-hydrogen) atoms. The zero-order chi connectivity index (χ0) is 28.3. The Morgan fingerprint density at radius 3 is 2.52 bits per heavy atom. The third kappa shape index (κ3) is 3.97. The quantitative estimate of drug-likeness (QED) is 0.360. The normalized spacial score (nSPS) is 42.5. The molecule has 4 fully saturated rings. The predicted octanol–water partition coefficient (Wildman–Crippen LogP) is 3.99. The number of ether oxygens (including phenoxy) is 3. The maximum absolute atomic E-state index is 12.6. The van der Waals surface area contributed by atoms with Crippen LogP contribution in [0.15, 0.2) is 34.8 Å². The number of aliphatic hydroxyl groups excluding tert-OH is 1. The van der Waals surface area contributed by atoms with Gasteiger partial charge in [0.2, 0.25) is 0 Å². The van der Waals surface area contributed by atoms with Gasteiger partial charge >= 0.3 is 5.97 Å². The van der Waals surface area contributed by atoms with Crippen LogP contribution >= 0.6 is 0 Å². The van der Waals surface area contributed by atoms with Gasteiger partial charge in [-0.3, -0.25) is 4.99 Å². The highest BCUT2D eigenvalue weighted by Gasteiger charge is 2.71. The van der Waals surface area contributed by atoms with Gasteiger partial charge in [-0.05, 0) is 92.4 Å². The van der Waals surface area contributed by atoms with E-state index in [4.69, 9.17) is 19.2 Å². The molecule has 0 amide bonds. The molecule has 1 aromatic carbocycles. The highest BCUT2D eigenvalue weighted by atomic mass is 16.5. The maximum Gasteiger partial charge on any atom is 0.331 e. The molecule has 8 atom stereocenters. The first-order valence-corrected chi connectivity index (χ1v) is 14.8. The van der Waals surface area contributed by atoms with Crippen molar-refractivity contribution in [2.45, 2.75) is 88.6 Å². The number of carbonyl (C=O) groups is 1. The van der Waals surface area contributed by atoms with Crippen molar-refractivity contribution in [2.75, 3.05) is 20.8 Å². The lowest BCUT2D eigenvalue weighted by Gasteiger charge is -2.65. The van der Waals surface area contributed by atoms with Gasteiger partial charge in [-0.15, -0.1) is 0 Å². The predicted molar refractivity (Wildman–Crippen MR) is 149 cm³/mol. The molecular formula is C32H43NO7. The summed E-state index contributed by atoms with van der Waals surface area (Å²) >= 11 is 0. The molecule has 0 bridgehead atoms. The van der Waals surface area contributed by atoms with E-state index in [1.165, 1.54) is 0 Å². The fourth-order valence-electron chi connectivity index (χ4n) is 9.65. The summed E-state index contributed by atoms with van der Waals surface area (Å²) in [6.45, 7) is 2.96. The van der Waals surface area contributed by atoms with E-state index in [0.29, 0.717) is 63.2 Å². The van der Waals surface area contributed by atoms with Crippen molar-refractivity contribution in [1.29, 1.82) is 0 Å². The molecule has 218 valence electrons. The van der Waals surface area contributed by atoms with Gasteiger partial charge < -0.3 is 29.5 Å². The van der Waals surface area contributed by atoms with Crippen molar-refractivity contribution < 1.29 is 34.3 Å². The number of methoxy groups -OCH3 is 2. The number of carbonyl (C=O) groups excluding carboxylic acids is 1. The van der Waals surface area contributed by atoms with E-state index in [2.05, 4.69) is 6.92 Å². The summed E-state index contributed by atoms with van der Waals surface area (Å²) in [6.07, 6.45) is 9.12. The first-order chi connectivity index (χ1) is 19.1. The van der Waals surface area contributed by atoms with Gasteiger partial charge in [0.15, 0.2) is 11.5 Å². The number of benzene rings is 1. The van der Waals surface area contributed by atoms with Crippen LogP contribution in [0.25, 0.3) is 0 Å². The fourth-order valence-corrected chi connectivity index (χ4v) is 9.65. The second-order valence-corrected chi connectivity index (χ2v) is 13.2. The van der Waals surface area contributed by atoms with Crippen LogP contribution in [0, 0.1) is 28.6 Å². The van der Waals surface area contributed by atoms with Crippen LogP contribution in [0.4, 0.5) is 0 Å². The summed E-state index contributed by atoms with van der Waals surface area (Å²) in [5.41, 5.74) is -0.937. The number of nitrogens with zero attached hydrogens (tertiary/aromatic N) is 1. The summed E-state index contributed by atoms with van der Waals surface area (Å²) in [6, 6.07) is 5.77. The molecule has 0 aromatic heterocycles. The molecule has 1 aromatic rings. The Morgan fingerprint density at radius 2 is 1.80 bits per heavy atom. The van der Waals surface area contributed by atoms with E-state index in [1.807, 2.05) is 24.4 Å². The molecule has 4 saturated carbocycles. The van der Waals surface area contributed by atoms with Gasteiger partial charge in [0.25, 0.3) is 0 Å². The molecule has 3 N–H and O–H groups in total. The summed E-state index contributed by atoms with van der Waals surface area (Å²) < 4.78 is 16.1. The fraction of sp³-hybridized carbons (Fsp3) is 0.688. The first kappa shape index (κ1) is 27.7. The lowest BCUT2D eigenvalue weighted by Crippen LogP contribution is -2.68. The number of rotatable bonds is 6. The topological polar surface area (TPSA) is 118 Å². The lowest BCUT2D eigenvalue weighted by molar-refractivity contribution is -0.237. The number of esters is 1. The zero-order valence-corrected chi connectivity index (χ0v) is 23.9. The minimum atomic E-state index is -1.07. The Hall–Kier alpha value is -2.42. The Balaban J connectivity index is 1.33. The zero-order valence-electron chi connectivity index (χ0n) is 23.9. The van der Waals surface area contributed by atoms with Crippen molar-refractivity contribution in [3.63, 3.8) is 0 Å². The van der Waals surface area contributed by atoms with Crippen molar-refractivity contribution in [1.82, 2.24) is 0 Å². The van der Waals surface area contributed by atoms with E-state index in [0.717, 1.165) is 30.4 Å². The Labute approximate surface area is 236 Å². The summed E-state index contributed by atoms with van der Waals surface area (Å²) in [4.78, 5) is 16.8. The molecule has 5 aliphatic rings. The van der Waals surface area contributed by atoms with E-state index in [-0.39, 0.29) is 29.1 Å². The van der Waals surface area contributed by atoms with Crippen LogP contribution in [0.3, 0.4) is 0 Å². The van der Waals surface area contributed by atoms with Crippen molar-refractivity contribution in [2.24, 2.45) is 33.6 Å². The molecule has 8 nitrogen and oxygen atoms in total. The van der Waals surface area contributed by atoms with Gasteiger partial charge in [-0.25, -0.2) is 4.79 Å². The van der Waals surface area contributed by atoms with E-state index in [1.54, 1.807) is 20.3 Å². The summed E-state index contributed by atoms with van der Waals surface area (Å²) in [7, 11) is 3.23. The molecule has 0 spiro atoms. The van der Waals surface area contributed by atoms with Gasteiger partial charge in [-0.1, -0.05) is 13.0 Å². The average Bonchev–Trinajstić information content (AvgIpc) is 3.48. The largest absolute Gasteiger partial charge is 0.493 e. The second kappa shape index (κ2) is 9.85. The molecule has 1 heterocycles. The SMILES string of the molecule is COc1ccc(CN=C[C@]23CCC(O)CC2(O)CCC2[C@@H]3CC[C@]3(C)C(C4=CC(=O)OC4)CCC23O)cc1OC. The number of aliphatic imine (C=N–C) groups is 1. The summed E-state index contributed by atoms with van der Waals surface area (Å²) in [5.74, 6) is 1.22. The minimum absolute atomic E-state index is 0.0120. The van der Waals surface area contributed by atoms with Crippen LogP contribution in [0.5, 0.6) is 11.5 Å². The second-order valence-electron chi connectivity index (χ2n) is 13.2. The van der Waals surface area contributed by atoms with E-state index < -0.39 is 22.7 Å². The van der Waals surface area contributed by atoms with Gasteiger partial charge in [0.1, 0.15) is 6.61 Å². The van der Waals surface area contributed by atoms with Crippen molar-refractivity contribution in [3.8, 4) is 11.5 Å². The first-order valence-electron chi connectivity index (χ1n) is 14.8. The van der Waals surface area contributed by atoms with Gasteiger partial charge in [0, 0.05) is 29.5 Å². The third-order valence-electron chi connectivity index (χ3n) is 11.7. The number of fused-ring (bicyclic) bond motifs is 5. The maximum atomic E-state index is 12.6. The highest BCUT2D eigenvalue weighted by Crippen LogP contribution is 2.70. The van der Waals surface area contributed by atoms with Crippen LogP contribution < -0.4 is 9.47 Å². The molecule has 4 aliphatic carbocycles. The molecular weight excluding hydrogens is 510 g/mol. The van der Waals surface area contributed by atoms with Crippen LogP contribution in [-0.4, -0.2) is 65.6 Å². The molecule has 0 saturated heterocycles. The molecule has 8 heteroatoms. The third-order valence-corrected chi connectivity index (χ3v) is 11.7. The van der Waals surface area contributed by atoms with Gasteiger partial charge in [-0.2, -0.15) is 0 Å². The number of aliphatic hydroxyl groups is 3. The smallest absolute Gasteiger partial charge is 0.331 e. The number of hydrogen-bond donors (Lipinski definition) is 3. The van der Waals surface area contributed by atoms with E-state index >= 15 is 0 Å². The minimum Gasteiger partial charge on any atom is -0.493 e. The number of hydrogen-bond acceptors (Lipinski definition) is 8. The highest BCUT2D eigenvalue weighted by molar-refractivity contribution is 5.85. The molecule has 6 rings (SSSR count). The Morgan fingerprint density at radius 1 is 1.02 bits per heavy atom. The molecule has 1 aliphatic heterocycles. The summed E-state index contributed by atoms with van der Waals surface area (Å²) in [5, 5.41) is 35.4. The van der Waals surface area contributed by atoms with Crippen molar-refractivity contribution in [3.05, 3.63) is 35.4 Å². The van der Waals surface area contributed by atoms with Crippen molar-refractivity contribution >= 4 is 12.2 Å². The molecule has 5 unspecified atom stereocenters. The Kier molecular flexibility index (Phi) is 6.83. The van der Waals surface area contributed by atoms with Gasteiger partial charge in [0.05, 0.1) is 38.1 Å². The van der Waals surface area contributed by atoms with Crippen LogP contribution in [-0.2, 0) is 16.1 Å². The van der Waals surface area contributed by atoms with E-state index in [9.17, 15) is 20.1 Å². The standard InChI is InChI=1S/C32H43NO7/c1-29-10-7-24-25(32(29,37)13-9-23(29)21-15-28(35)40-18-21)8-12-31(36)16-22(34)6-11-30(24,31)19-33-17-20-4-5-26(38-2)27(14-20)39-3/h4-5,14-15,19,22-25,34,36-37H,6-13,16-18H2,1-3H3/t22?,23?,24-,25?,29+,30-,31?,32?/m0/s1. The number of cyclic esters (lactones) is 1.